The van der Waals surface area contributed by atoms with E-state index >= 15 is 0 Å². The van der Waals surface area contributed by atoms with Gasteiger partial charge in [-0.3, -0.25) is 20.3 Å². The Hall–Kier alpha value is -2.84. The molecular weight excluding hydrogens is 281 g/mol. The van der Waals surface area contributed by atoms with E-state index in [1.54, 1.807) is 20.2 Å². The lowest BCUT2D eigenvalue weighted by Gasteiger charge is -2.19. The number of rotatable bonds is 3. The maximum Gasteiger partial charge on any atom is 0.293 e. The largest absolute Gasteiger partial charge is 0.384 e. The molecular formula is C12H14FN5O3. The van der Waals surface area contributed by atoms with Crippen molar-refractivity contribution in [3.63, 3.8) is 0 Å². The minimum absolute atomic E-state index is 0.0843. The predicted octanol–water partition coefficient (Wildman–Crippen LogP) is 0.560. The first-order valence-electron chi connectivity index (χ1n) is 6.00. The van der Waals surface area contributed by atoms with Crippen molar-refractivity contribution >= 4 is 17.3 Å². The van der Waals surface area contributed by atoms with E-state index in [9.17, 15) is 19.3 Å². The van der Waals surface area contributed by atoms with Crippen molar-refractivity contribution in [2.75, 3.05) is 25.5 Å². The zero-order valence-corrected chi connectivity index (χ0v) is 11.5. The summed E-state index contributed by atoms with van der Waals surface area (Å²) in [6.07, 6.45) is 1.54. The number of nitro groups is 1. The van der Waals surface area contributed by atoms with Gasteiger partial charge in [-0.2, -0.15) is 0 Å². The smallest absolute Gasteiger partial charge is 0.293 e. The molecule has 0 saturated carbocycles. The summed E-state index contributed by atoms with van der Waals surface area (Å²) < 4.78 is 14.1. The molecule has 1 aliphatic rings. The van der Waals surface area contributed by atoms with Crippen LogP contribution in [-0.4, -0.2) is 36.5 Å². The van der Waals surface area contributed by atoms with Gasteiger partial charge < -0.3 is 10.6 Å². The van der Waals surface area contributed by atoms with Crippen molar-refractivity contribution in [2.24, 2.45) is 5.73 Å². The first-order chi connectivity index (χ1) is 9.81. The van der Waals surface area contributed by atoms with Crippen molar-refractivity contribution < 1.29 is 14.1 Å². The third-order valence-electron chi connectivity index (χ3n) is 2.98. The Morgan fingerprint density at radius 1 is 1.52 bits per heavy atom. The number of amides is 1. The maximum atomic E-state index is 14.1. The first-order valence-corrected chi connectivity index (χ1v) is 6.00. The molecule has 9 heteroatoms. The number of nitrogens with zero attached hydrogens (tertiary/aromatic N) is 3. The molecule has 21 heavy (non-hydrogen) atoms. The fourth-order valence-electron chi connectivity index (χ4n) is 1.94. The van der Waals surface area contributed by atoms with Gasteiger partial charge in [-0.25, -0.2) is 9.40 Å². The molecule has 0 unspecified atom stereocenters. The second-order valence-corrected chi connectivity index (χ2v) is 4.66. The van der Waals surface area contributed by atoms with E-state index in [0.29, 0.717) is 0 Å². The normalized spacial score (nSPS) is 13.7. The highest BCUT2D eigenvalue weighted by Gasteiger charge is 2.27. The Morgan fingerprint density at radius 3 is 2.67 bits per heavy atom. The van der Waals surface area contributed by atoms with Crippen LogP contribution in [0, 0.1) is 15.9 Å². The van der Waals surface area contributed by atoms with E-state index in [-0.39, 0.29) is 29.3 Å². The summed E-state index contributed by atoms with van der Waals surface area (Å²) in [5, 5.41) is 12.1. The second-order valence-electron chi connectivity index (χ2n) is 4.66. The summed E-state index contributed by atoms with van der Waals surface area (Å²) in [4.78, 5) is 24.0. The van der Waals surface area contributed by atoms with E-state index in [2.05, 4.69) is 5.43 Å². The third kappa shape index (κ3) is 2.71. The van der Waals surface area contributed by atoms with Crippen LogP contribution in [0.15, 0.2) is 24.0 Å². The summed E-state index contributed by atoms with van der Waals surface area (Å²) in [6, 6.07) is 1.90. The molecule has 1 heterocycles. The lowest BCUT2D eigenvalue weighted by atomic mass is 10.1. The summed E-state index contributed by atoms with van der Waals surface area (Å²) in [6.45, 7) is 0.160. The Bertz CT molecular complexity index is 644. The number of nitrogens with two attached hydrogens (primary N) is 1. The molecule has 0 aliphatic carbocycles. The molecule has 1 aromatic carbocycles. The summed E-state index contributed by atoms with van der Waals surface area (Å²) in [5.74, 6) is -1.29. The van der Waals surface area contributed by atoms with Crippen LogP contribution in [0.2, 0.25) is 0 Å². The van der Waals surface area contributed by atoms with E-state index in [4.69, 9.17) is 5.73 Å². The van der Waals surface area contributed by atoms with Crippen molar-refractivity contribution in [3.05, 3.63) is 45.5 Å². The van der Waals surface area contributed by atoms with Gasteiger partial charge in [-0.1, -0.05) is 0 Å². The standard InChI is InChI=1S/C12H14FN5O3/c1-16(2)9-6-8(13)7(5-10(9)18(20)21)12(19)17-4-3-11(14)15-17/h3,5-6,15H,4,14H2,1-2H3. The van der Waals surface area contributed by atoms with Gasteiger partial charge in [-0.15, -0.1) is 0 Å². The van der Waals surface area contributed by atoms with Crippen LogP contribution in [0.5, 0.6) is 0 Å². The van der Waals surface area contributed by atoms with E-state index < -0.39 is 16.6 Å². The van der Waals surface area contributed by atoms with Gasteiger partial charge in [0.15, 0.2) is 0 Å². The van der Waals surface area contributed by atoms with Gasteiger partial charge in [0.1, 0.15) is 17.3 Å². The van der Waals surface area contributed by atoms with Gasteiger partial charge in [0, 0.05) is 26.2 Å². The molecule has 0 bridgehead atoms. The van der Waals surface area contributed by atoms with Crippen LogP contribution >= 0.6 is 0 Å². The third-order valence-corrected chi connectivity index (χ3v) is 2.98. The number of halogens is 1. The molecule has 0 aromatic heterocycles. The lowest BCUT2D eigenvalue weighted by Crippen LogP contribution is -2.39. The number of hydrogen-bond donors (Lipinski definition) is 2. The average Bonchev–Trinajstić information content (AvgIpc) is 2.83. The van der Waals surface area contributed by atoms with Crippen LogP contribution in [0.1, 0.15) is 10.4 Å². The van der Waals surface area contributed by atoms with Crippen LogP contribution in [0.3, 0.4) is 0 Å². The number of hydrazine groups is 1. The first kappa shape index (κ1) is 14.6. The van der Waals surface area contributed by atoms with Crippen molar-refractivity contribution in [1.29, 1.82) is 0 Å². The van der Waals surface area contributed by atoms with Gasteiger partial charge in [0.2, 0.25) is 0 Å². The van der Waals surface area contributed by atoms with Gasteiger partial charge >= 0.3 is 0 Å². The molecule has 112 valence electrons. The highest BCUT2D eigenvalue weighted by molar-refractivity contribution is 5.96. The molecule has 2 rings (SSSR count). The fourth-order valence-corrected chi connectivity index (χ4v) is 1.94. The van der Waals surface area contributed by atoms with Crippen LogP contribution in [-0.2, 0) is 0 Å². The number of nitro benzene ring substituents is 1. The molecule has 1 aliphatic heterocycles. The SMILES string of the molecule is CN(C)c1cc(F)c(C(=O)N2CC=C(N)N2)cc1[N+](=O)[O-]. The van der Waals surface area contributed by atoms with Gasteiger partial charge in [0.25, 0.3) is 11.6 Å². The Kier molecular flexibility index (Phi) is 3.66. The summed E-state index contributed by atoms with van der Waals surface area (Å²) >= 11 is 0. The average molecular weight is 295 g/mol. The van der Waals surface area contributed by atoms with E-state index in [0.717, 1.165) is 17.1 Å². The predicted molar refractivity (Wildman–Crippen MR) is 73.8 cm³/mol. The fraction of sp³-hybridized carbons (Fsp3) is 0.250. The molecule has 0 atom stereocenters. The summed E-state index contributed by atoms with van der Waals surface area (Å²) in [7, 11) is 3.10. The Balaban J connectivity index is 2.43. The molecule has 1 aromatic rings. The molecule has 1 amide bonds. The van der Waals surface area contributed by atoms with Crippen molar-refractivity contribution in [1.82, 2.24) is 10.4 Å². The van der Waals surface area contributed by atoms with E-state index in [1.165, 1.54) is 4.90 Å². The Morgan fingerprint density at radius 2 is 2.19 bits per heavy atom. The van der Waals surface area contributed by atoms with Gasteiger partial charge in [-0.05, 0) is 6.08 Å². The minimum atomic E-state index is -0.832. The monoisotopic (exact) mass is 295 g/mol. The number of carbonyl (C=O) groups is 1. The molecule has 0 spiro atoms. The molecule has 0 fully saturated rings. The second kappa shape index (κ2) is 5.27. The number of benzene rings is 1. The maximum absolute atomic E-state index is 14.1. The van der Waals surface area contributed by atoms with Crippen LogP contribution < -0.4 is 16.1 Å². The van der Waals surface area contributed by atoms with Crippen LogP contribution in [0.25, 0.3) is 0 Å². The lowest BCUT2D eigenvalue weighted by molar-refractivity contribution is -0.384. The van der Waals surface area contributed by atoms with E-state index in [1.807, 2.05) is 0 Å². The number of nitrogens with one attached hydrogen (secondary N) is 1. The molecule has 8 nitrogen and oxygen atoms in total. The highest BCUT2D eigenvalue weighted by atomic mass is 19.1. The van der Waals surface area contributed by atoms with Crippen LogP contribution in [0.4, 0.5) is 15.8 Å². The zero-order valence-electron chi connectivity index (χ0n) is 11.5. The molecule has 3 N–H and O–H groups in total. The van der Waals surface area contributed by atoms with Gasteiger partial charge in [0.05, 0.1) is 17.0 Å². The highest BCUT2D eigenvalue weighted by Crippen LogP contribution is 2.30. The summed E-state index contributed by atoms with van der Waals surface area (Å²) in [5.41, 5.74) is 7.36. The minimum Gasteiger partial charge on any atom is -0.384 e. The number of hydrogen-bond acceptors (Lipinski definition) is 6. The van der Waals surface area contributed by atoms with Crippen molar-refractivity contribution in [2.45, 2.75) is 0 Å². The molecule has 0 radical (unpaired) electrons. The topological polar surface area (TPSA) is 105 Å². The number of carbonyl (C=O) groups excluding carboxylic acids is 1. The van der Waals surface area contributed by atoms with Crippen molar-refractivity contribution in [3.8, 4) is 0 Å². The molecule has 0 saturated heterocycles. The zero-order chi connectivity index (χ0) is 15.7. The Labute approximate surface area is 119 Å². The quantitative estimate of drug-likeness (QED) is 0.623. The number of anilines is 1.